The molecule has 1 aromatic carbocycles. The smallest absolute Gasteiger partial charge is 0.243 e. The first-order valence-electron chi connectivity index (χ1n) is 5.78. The van der Waals surface area contributed by atoms with Crippen molar-refractivity contribution in [2.75, 3.05) is 13.1 Å². The fraction of sp³-hybridized carbons (Fsp3) is 0.455. The second-order valence-corrected chi connectivity index (χ2v) is 6.81. The molecule has 0 unspecified atom stereocenters. The van der Waals surface area contributed by atoms with Crippen LogP contribution in [0.4, 0.5) is 4.39 Å². The number of rotatable bonds is 3. The third-order valence-electron chi connectivity index (χ3n) is 2.89. The number of benzene rings is 1. The van der Waals surface area contributed by atoms with Gasteiger partial charge in [0.15, 0.2) is 0 Å². The Labute approximate surface area is 133 Å². The first-order chi connectivity index (χ1) is 8.90. The minimum Gasteiger partial charge on any atom is -0.317 e. The molecule has 1 aliphatic rings. The molecule has 20 heavy (non-hydrogen) atoms. The predicted molar refractivity (Wildman–Crippen MR) is 79.9 cm³/mol. The van der Waals surface area contributed by atoms with E-state index in [2.05, 4.69) is 10.0 Å². The van der Waals surface area contributed by atoms with Crippen LogP contribution in [0.15, 0.2) is 17.0 Å². The SMILES string of the molecule is Cl.O=S(=O)(NC1CCNCC1)c1c(Cl)cc(F)cc1Cl. The summed E-state index contributed by atoms with van der Waals surface area (Å²) in [7, 11) is -3.85. The van der Waals surface area contributed by atoms with E-state index in [1.807, 2.05) is 0 Å². The van der Waals surface area contributed by atoms with E-state index in [4.69, 9.17) is 23.2 Å². The second-order valence-electron chi connectivity index (χ2n) is 4.34. The molecule has 1 heterocycles. The van der Waals surface area contributed by atoms with Crippen molar-refractivity contribution in [1.82, 2.24) is 10.0 Å². The lowest BCUT2D eigenvalue weighted by Crippen LogP contribution is -2.42. The number of sulfonamides is 1. The lowest BCUT2D eigenvalue weighted by molar-refractivity contribution is 0.427. The summed E-state index contributed by atoms with van der Waals surface area (Å²) in [5.41, 5.74) is 0. The van der Waals surface area contributed by atoms with Gasteiger partial charge in [-0.15, -0.1) is 12.4 Å². The van der Waals surface area contributed by atoms with Gasteiger partial charge >= 0.3 is 0 Å². The zero-order chi connectivity index (χ0) is 14.0. The van der Waals surface area contributed by atoms with Gasteiger partial charge in [0.2, 0.25) is 10.0 Å². The Bertz CT molecular complexity index is 554. The van der Waals surface area contributed by atoms with Gasteiger partial charge in [-0.25, -0.2) is 17.5 Å². The van der Waals surface area contributed by atoms with Crippen molar-refractivity contribution in [3.8, 4) is 0 Å². The highest BCUT2D eigenvalue weighted by molar-refractivity contribution is 7.89. The standard InChI is InChI=1S/C11H13Cl2FN2O2S.ClH/c12-9-5-7(14)6-10(13)11(9)19(17,18)16-8-1-3-15-4-2-8;/h5-6,8,15-16H,1-4H2;1H. The zero-order valence-corrected chi connectivity index (χ0v) is 13.5. The Morgan fingerprint density at radius 3 is 2.20 bits per heavy atom. The summed E-state index contributed by atoms with van der Waals surface area (Å²) in [6.45, 7) is 1.50. The van der Waals surface area contributed by atoms with Crippen molar-refractivity contribution in [2.45, 2.75) is 23.8 Å². The first-order valence-corrected chi connectivity index (χ1v) is 8.01. The van der Waals surface area contributed by atoms with Gasteiger partial charge in [0, 0.05) is 6.04 Å². The normalized spacial score (nSPS) is 16.8. The maximum Gasteiger partial charge on any atom is 0.243 e. The van der Waals surface area contributed by atoms with E-state index >= 15 is 0 Å². The molecule has 0 radical (unpaired) electrons. The third kappa shape index (κ3) is 4.19. The molecule has 0 spiro atoms. The van der Waals surface area contributed by atoms with E-state index in [1.165, 1.54) is 0 Å². The number of hydrogen-bond donors (Lipinski definition) is 2. The molecule has 9 heteroatoms. The van der Waals surface area contributed by atoms with Crippen LogP contribution in [0.1, 0.15) is 12.8 Å². The van der Waals surface area contributed by atoms with Gasteiger partial charge in [-0.3, -0.25) is 0 Å². The monoisotopic (exact) mass is 362 g/mol. The predicted octanol–water partition coefficient (Wildman–Crippen LogP) is 2.58. The molecule has 114 valence electrons. The Hall–Kier alpha value is -0.110. The van der Waals surface area contributed by atoms with Crippen LogP contribution in [0.3, 0.4) is 0 Å². The van der Waals surface area contributed by atoms with Gasteiger partial charge in [-0.2, -0.15) is 0 Å². The topological polar surface area (TPSA) is 58.2 Å². The highest BCUT2D eigenvalue weighted by Crippen LogP contribution is 2.30. The summed E-state index contributed by atoms with van der Waals surface area (Å²) < 4.78 is 40.1. The molecule has 2 rings (SSSR count). The summed E-state index contributed by atoms with van der Waals surface area (Å²) in [4.78, 5) is -0.268. The highest BCUT2D eigenvalue weighted by Gasteiger charge is 2.26. The fourth-order valence-corrected chi connectivity index (χ4v) is 4.50. The van der Waals surface area contributed by atoms with Crippen molar-refractivity contribution in [3.05, 3.63) is 28.0 Å². The van der Waals surface area contributed by atoms with Crippen LogP contribution >= 0.6 is 35.6 Å². The molecular weight excluding hydrogens is 350 g/mol. The van der Waals surface area contributed by atoms with Gasteiger partial charge in [0.1, 0.15) is 10.7 Å². The zero-order valence-electron chi connectivity index (χ0n) is 10.3. The molecule has 2 N–H and O–H groups in total. The molecule has 1 fully saturated rings. The van der Waals surface area contributed by atoms with E-state index in [9.17, 15) is 12.8 Å². The van der Waals surface area contributed by atoms with Crippen LogP contribution in [-0.2, 0) is 10.0 Å². The van der Waals surface area contributed by atoms with E-state index in [0.717, 1.165) is 25.2 Å². The summed E-state index contributed by atoms with van der Waals surface area (Å²) in [6, 6.07) is 1.71. The second kappa shape index (κ2) is 7.24. The van der Waals surface area contributed by atoms with Crippen LogP contribution in [0.2, 0.25) is 10.0 Å². The van der Waals surface area contributed by atoms with Crippen molar-refractivity contribution in [1.29, 1.82) is 0 Å². The molecular formula is C11H14Cl3FN2O2S. The maximum absolute atomic E-state index is 13.1. The van der Waals surface area contributed by atoms with Crippen LogP contribution in [0.5, 0.6) is 0 Å². The molecule has 1 saturated heterocycles. The summed E-state index contributed by atoms with van der Waals surface area (Å²) in [5.74, 6) is -0.671. The van der Waals surface area contributed by atoms with E-state index in [0.29, 0.717) is 12.8 Å². The van der Waals surface area contributed by atoms with E-state index < -0.39 is 15.8 Å². The molecule has 4 nitrogen and oxygen atoms in total. The quantitative estimate of drug-likeness (QED) is 0.868. The van der Waals surface area contributed by atoms with Crippen molar-refractivity contribution >= 4 is 45.6 Å². The average molecular weight is 364 g/mol. The molecule has 0 aliphatic carbocycles. The lowest BCUT2D eigenvalue weighted by atomic mass is 10.1. The lowest BCUT2D eigenvalue weighted by Gasteiger charge is -2.24. The maximum atomic E-state index is 13.1. The largest absolute Gasteiger partial charge is 0.317 e. The molecule has 0 bridgehead atoms. The van der Waals surface area contributed by atoms with Gasteiger partial charge in [0.05, 0.1) is 10.0 Å². The van der Waals surface area contributed by atoms with Gasteiger partial charge in [0.25, 0.3) is 0 Å². The van der Waals surface area contributed by atoms with Crippen LogP contribution in [-0.4, -0.2) is 27.5 Å². The van der Waals surface area contributed by atoms with Crippen LogP contribution in [0.25, 0.3) is 0 Å². The Kier molecular flexibility index (Phi) is 6.50. The molecule has 1 aliphatic heterocycles. The Balaban J connectivity index is 0.00000200. The number of nitrogens with one attached hydrogen (secondary N) is 2. The van der Waals surface area contributed by atoms with E-state index in [-0.39, 0.29) is 33.4 Å². The summed E-state index contributed by atoms with van der Waals surface area (Å²) in [6.07, 6.45) is 1.38. The molecule has 0 atom stereocenters. The minimum absolute atomic E-state index is 0. The van der Waals surface area contributed by atoms with E-state index in [1.54, 1.807) is 0 Å². The summed E-state index contributed by atoms with van der Waals surface area (Å²) in [5, 5.41) is 2.70. The van der Waals surface area contributed by atoms with Crippen molar-refractivity contribution in [3.63, 3.8) is 0 Å². The van der Waals surface area contributed by atoms with Gasteiger partial charge in [-0.05, 0) is 38.1 Å². The fourth-order valence-electron chi connectivity index (χ4n) is 2.00. The van der Waals surface area contributed by atoms with Crippen LogP contribution in [0, 0.1) is 5.82 Å². The Morgan fingerprint density at radius 2 is 1.70 bits per heavy atom. The van der Waals surface area contributed by atoms with Gasteiger partial charge < -0.3 is 5.32 Å². The molecule has 1 aromatic rings. The van der Waals surface area contributed by atoms with Crippen LogP contribution < -0.4 is 10.0 Å². The minimum atomic E-state index is -3.85. The van der Waals surface area contributed by atoms with Gasteiger partial charge in [-0.1, -0.05) is 23.2 Å². The molecule has 0 saturated carbocycles. The number of piperidine rings is 1. The molecule has 0 aromatic heterocycles. The third-order valence-corrected chi connectivity index (χ3v) is 5.33. The number of hydrogen-bond acceptors (Lipinski definition) is 3. The number of halogens is 4. The van der Waals surface area contributed by atoms with Crippen molar-refractivity contribution < 1.29 is 12.8 Å². The molecule has 0 amide bonds. The summed E-state index contributed by atoms with van der Waals surface area (Å²) >= 11 is 11.6. The average Bonchev–Trinajstić information content (AvgIpc) is 2.27. The first kappa shape index (κ1) is 17.9. The van der Waals surface area contributed by atoms with Crippen molar-refractivity contribution in [2.24, 2.45) is 0 Å². The highest BCUT2D eigenvalue weighted by atomic mass is 35.5. The Morgan fingerprint density at radius 1 is 1.20 bits per heavy atom.